The average Bonchev–Trinajstić information content (AvgIpc) is 2.35. The maximum atomic E-state index is 13.2. The minimum Gasteiger partial charge on any atom is -0.481 e. The molecule has 1 aromatic heterocycles. The van der Waals surface area contributed by atoms with E-state index in [1.54, 1.807) is 24.3 Å². The van der Waals surface area contributed by atoms with Crippen LogP contribution in [0.1, 0.15) is 23.5 Å². The summed E-state index contributed by atoms with van der Waals surface area (Å²) < 4.78 is 13.2. The number of nitrogens with zero attached hydrogens (tertiary/aromatic N) is 1. The number of carboxylic acids is 1. The highest BCUT2D eigenvalue weighted by atomic mass is 35.5. The predicted octanol–water partition coefficient (Wildman–Crippen LogP) is 3.48. The van der Waals surface area contributed by atoms with Crippen LogP contribution in [0.3, 0.4) is 0 Å². The Hall–Kier alpha value is -1.94. The van der Waals surface area contributed by atoms with Crippen LogP contribution >= 0.6 is 11.6 Å². The molecule has 0 fully saturated rings. The first-order valence-electron chi connectivity index (χ1n) is 5.64. The zero-order valence-corrected chi connectivity index (χ0v) is 10.6. The molecule has 0 amide bonds. The smallest absolute Gasteiger partial charge is 0.304 e. The van der Waals surface area contributed by atoms with Crippen LogP contribution in [0.4, 0.5) is 4.39 Å². The van der Waals surface area contributed by atoms with E-state index in [9.17, 15) is 9.18 Å². The van der Waals surface area contributed by atoms with Crippen molar-refractivity contribution in [1.29, 1.82) is 0 Å². The second-order valence-corrected chi connectivity index (χ2v) is 4.58. The van der Waals surface area contributed by atoms with Crippen LogP contribution in [0.2, 0.25) is 5.02 Å². The average molecular weight is 280 g/mol. The van der Waals surface area contributed by atoms with Gasteiger partial charge in [-0.3, -0.25) is 9.78 Å². The summed E-state index contributed by atoms with van der Waals surface area (Å²) in [5, 5.41) is 9.51. The lowest BCUT2D eigenvalue weighted by molar-refractivity contribution is -0.137. The number of aliphatic carboxylic acids is 1. The Kier molecular flexibility index (Phi) is 4.12. The third kappa shape index (κ3) is 3.51. The zero-order valence-electron chi connectivity index (χ0n) is 9.88. The standard InChI is InChI=1S/C14H11ClFNO2/c15-11-3-1-2-9(4-11)13(6-14(18)19)10-5-12(16)8-17-7-10/h1-5,7-8,13H,6H2,(H,18,19)/t13-/m0/s1. The number of aromatic nitrogens is 1. The van der Waals surface area contributed by atoms with Gasteiger partial charge in [0.15, 0.2) is 0 Å². The minimum absolute atomic E-state index is 0.147. The van der Waals surface area contributed by atoms with Gasteiger partial charge in [-0.2, -0.15) is 0 Å². The summed E-state index contributed by atoms with van der Waals surface area (Å²) in [6.07, 6.45) is 2.41. The topological polar surface area (TPSA) is 50.2 Å². The summed E-state index contributed by atoms with van der Waals surface area (Å²) in [6.45, 7) is 0. The molecule has 0 spiro atoms. The molecule has 1 heterocycles. The van der Waals surface area contributed by atoms with Crippen LogP contribution in [-0.2, 0) is 4.79 Å². The van der Waals surface area contributed by atoms with Crippen LogP contribution < -0.4 is 0 Å². The number of hydrogen-bond donors (Lipinski definition) is 1. The highest BCUT2D eigenvalue weighted by molar-refractivity contribution is 6.30. The Bertz CT molecular complexity index is 558. The van der Waals surface area contributed by atoms with Crippen LogP contribution in [0, 0.1) is 5.82 Å². The predicted molar refractivity (Wildman–Crippen MR) is 69.7 cm³/mol. The van der Waals surface area contributed by atoms with E-state index in [4.69, 9.17) is 16.7 Å². The lowest BCUT2D eigenvalue weighted by Crippen LogP contribution is -2.08. The minimum atomic E-state index is -0.964. The molecule has 0 saturated carbocycles. The monoisotopic (exact) mass is 279 g/mol. The summed E-state index contributed by atoms with van der Waals surface area (Å²) in [7, 11) is 0. The summed E-state index contributed by atoms with van der Waals surface area (Å²) in [5.74, 6) is -1.93. The van der Waals surface area contributed by atoms with Crippen LogP contribution in [0.5, 0.6) is 0 Å². The van der Waals surface area contributed by atoms with Gasteiger partial charge in [-0.05, 0) is 29.3 Å². The number of carbonyl (C=O) groups is 1. The van der Waals surface area contributed by atoms with Crippen molar-refractivity contribution in [2.75, 3.05) is 0 Å². The van der Waals surface area contributed by atoms with E-state index in [2.05, 4.69) is 4.98 Å². The van der Waals surface area contributed by atoms with E-state index in [1.807, 2.05) is 0 Å². The molecular formula is C14H11ClFNO2. The molecule has 98 valence electrons. The third-order valence-electron chi connectivity index (χ3n) is 2.76. The molecule has 19 heavy (non-hydrogen) atoms. The second-order valence-electron chi connectivity index (χ2n) is 4.14. The van der Waals surface area contributed by atoms with Crippen LogP contribution in [0.15, 0.2) is 42.7 Å². The fourth-order valence-corrected chi connectivity index (χ4v) is 2.14. The molecule has 0 saturated heterocycles. The van der Waals surface area contributed by atoms with E-state index in [0.717, 1.165) is 11.8 Å². The first-order valence-corrected chi connectivity index (χ1v) is 6.02. The molecule has 0 unspecified atom stereocenters. The fraction of sp³-hybridized carbons (Fsp3) is 0.143. The van der Waals surface area contributed by atoms with E-state index in [1.165, 1.54) is 12.3 Å². The molecule has 5 heteroatoms. The van der Waals surface area contributed by atoms with Gasteiger partial charge in [-0.1, -0.05) is 23.7 Å². The third-order valence-corrected chi connectivity index (χ3v) is 2.99. The van der Waals surface area contributed by atoms with Gasteiger partial charge >= 0.3 is 5.97 Å². The van der Waals surface area contributed by atoms with E-state index in [0.29, 0.717) is 10.6 Å². The number of carboxylic acid groups (broad SMARTS) is 1. The Morgan fingerprint density at radius 2 is 2.11 bits per heavy atom. The lowest BCUT2D eigenvalue weighted by atomic mass is 9.89. The molecule has 0 radical (unpaired) electrons. The molecule has 0 aliphatic carbocycles. The molecule has 3 nitrogen and oxygen atoms in total. The lowest BCUT2D eigenvalue weighted by Gasteiger charge is -2.15. The van der Waals surface area contributed by atoms with Gasteiger partial charge in [0.05, 0.1) is 12.6 Å². The zero-order chi connectivity index (χ0) is 13.8. The summed E-state index contributed by atoms with van der Waals surface area (Å²) >= 11 is 5.91. The SMILES string of the molecule is O=C(O)C[C@H](c1cncc(F)c1)c1cccc(Cl)c1. The summed E-state index contributed by atoms with van der Waals surface area (Å²) in [4.78, 5) is 14.7. The first kappa shape index (κ1) is 13.5. The van der Waals surface area contributed by atoms with Crippen molar-refractivity contribution in [3.63, 3.8) is 0 Å². The van der Waals surface area contributed by atoms with Crippen LogP contribution in [0.25, 0.3) is 0 Å². The number of benzene rings is 1. The molecule has 0 bridgehead atoms. The number of rotatable bonds is 4. The van der Waals surface area contributed by atoms with E-state index < -0.39 is 17.7 Å². The van der Waals surface area contributed by atoms with Gasteiger partial charge in [0.25, 0.3) is 0 Å². The largest absolute Gasteiger partial charge is 0.481 e. The van der Waals surface area contributed by atoms with Gasteiger partial charge in [-0.15, -0.1) is 0 Å². The molecule has 2 aromatic rings. The van der Waals surface area contributed by atoms with Gasteiger partial charge in [0.2, 0.25) is 0 Å². The molecule has 0 aliphatic heterocycles. The van der Waals surface area contributed by atoms with Crippen molar-refractivity contribution in [2.24, 2.45) is 0 Å². The number of pyridine rings is 1. The first-order chi connectivity index (χ1) is 9.06. The van der Waals surface area contributed by atoms with Crippen molar-refractivity contribution in [2.45, 2.75) is 12.3 Å². The molecule has 1 aromatic carbocycles. The second kappa shape index (κ2) is 5.80. The van der Waals surface area contributed by atoms with Crippen molar-refractivity contribution in [1.82, 2.24) is 4.98 Å². The maximum absolute atomic E-state index is 13.2. The van der Waals surface area contributed by atoms with Crippen molar-refractivity contribution in [3.05, 3.63) is 64.7 Å². The van der Waals surface area contributed by atoms with Crippen molar-refractivity contribution >= 4 is 17.6 Å². The van der Waals surface area contributed by atoms with Gasteiger partial charge in [0.1, 0.15) is 5.82 Å². The molecule has 0 aliphatic rings. The number of hydrogen-bond acceptors (Lipinski definition) is 2. The number of halogens is 2. The highest BCUT2D eigenvalue weighted by Crippen LogP contribution is 2.29. The van der Waals surface area contributed by atoms with Crippen molar-refractivity contribution in [3.8, 4) is 0 Å². The van der Waals surface area contributed by atoms with Gasteiger partial charge < -0.3 is 5.11 Å². The van der Waals surface area contributed by atoms with E-state index >= 15 is 0 Å². The summed E-state index contributed by atoms with van der Waals surface area (Å²) in [6, 6.07) is 8.18. The normalized spacial score (nSPS) is 12.1. The quantitative estimate of drug-likeness (QED) is 0.932. The van der Waals surface area contributed by atoms with Gasteiger partial charge in [-0.25, -0.2) is 4.39 Å². The van der Waals surface area contributed by atoms with Crippen LogP contribution in [-0.4, -0.2) is 16.1 Å². The van der Waals surface area contributed by atoms with Gasteiger partial charge in [0, 0.05) is 17.1 Å². The Morgan fingerprint density at radius 1 is 1.32 bits per heavy atom. The maximum Gasteiger partial charge on any atom is 0.304 e. The highest BCUT2D eigenvalue weighted by Gasteiger charge is 2.19. The molecule has 1 N–H and O–H groups in total. The molecular weight excluding hydrogens is 269 g/mol. The van der Waals surface area contributed by atoms with Crippen molar-refractivity contribution < 1.29 is 14.3 Å². The van der Waals surface area contributed by atoms with E-state index in [-0.39, 0.29) is 6.42 Å². The molecule has 2 rings (SSSR count). The Balaban J connectivity index is 2.44. The Morgan fingerprint density at radius 3 is 2.74 bits per heavy atom. The fourth-order valence-electron chi connectivity index (χ4n) is 1.94. The summed E-state index contributed by atoms with van der Waals surface area (Å²) in [5.41, 5.74) is 1.24. The Labute approximate surface area is 114 Å². The molecule has 1 atom stereocenters.